The van der Waals surface area contributed by atoms with Gasteiger partial charge in [-0.15, -0.1) is 0 Å². The van der Waals surface area contributed by atoms with E-state index >= 15 is 0 Å². The Morgan fingerprint density at radius 2 is 2.18 bits per heavy atom. The molecule has 0 atom stereocenters. The molecule has 0 aromatic heterocycles. The van der Waals surface area contributed by atoms with Crippen LogP contribution in [-0.2, 0) is 16.1 Å². The zero-order valence-electron chi connectivity index (χ0n) is 5.71. The van der Waals surface area contributed by atoms with Crippen LogP contribution in [0, 0.1) is 5.82 Å². The number of hydrogen-bond acceptors (Lipinski definition) is 2. The van der Waals surface area contributed by atoms with Crippen molar-refractivity contribution in [1.29, 1.82) is 0 Å². The summed E-state index contributed by atoms with van der Waals surface area (Å²) >= 11 is 0. The van der Waals surface area contributed by atoms with E-state index in [0.717, 1.165) is 0 Å². The maximum Gasteiger partial charge on any atom is 0.417 e. The van der Waals surface area contributed by atoms with Crippen molar-refractivity contribution in [2.45, 2.75) is 6.61 Å². The van der Waals surface area contributed by atoms with Gasteiger partial charge >= 0.3 is 6.47 Å². The first-order valence-corrected chi connectivity index (χ1v) is 3.07. The van der Waals surface area contributed by atoms with Crippen molar-refractivity contribution in [3.63, 3.8) is 0 Å². The second-order valence-corrected chi connectivity index (χ2v) is 1.96. The molecule has 0 saturated heterocycles. The zero-order chi connectivity index (χ0) is 8.10. The third-order valence-corrected chi connectivity index (χ3v) is 1.24. The first-order valence-electron chi connectivity index (χ1n) is 3.07. The molecule has 0 N–H and O–H groups in total. The molecule has 0 aliphatic heterocycles. The fourth-order valence-corrected chi connectivity index (χ4v) is 0.723. The molecule has 1 aromatic carbocycles. The van der Waals surface area contributed by atoms with Gasteiger partial charge in [-0.05, 0) is 6.07 Å². The van der Waals surface area contributed by atoms with Crippen molar-refractivity contribution >= 4 is 6.47 Å². The van der Waals surface area contributed by atoms with Crippen LogP contribution in [0.25, 0.3) is 0 Å². The highest BCUT2D eigenvalue weighted by atomic mass is 19.1. The van der Waals surface area contributed by atoms with Crippen LogP contribution in [0.15, 0.2) is 24.3 Å². The second kappa shape index (κ2) is 3.71. The highest BCUT2D eigenvalue weighted by Crippen LogP contribution is 2.06. The van der Waals surface area contributed by atoms with Crippen LogP contribution in [0.4, 0.5) is 4.39 Å². The lowest BCUT2D eigenvalue weighted by Gasteiger charge is -1.98. The molecule has 0 aliphatic carbocycles. The van der Waals surface area contributed by atoms with Crippen LogP contribution < -0.4 is 0 Å². The molecule has 0 fully saturated rings. The number of rotatable bonds is 3. The number of halogens is 1. The quantitative estimate of drug-likeness (QED) is 0.656. The third kappa shape index (κ3) is 2.04. The monoisotopic (exact) mass is 153 g/mol. The maximum atomic E-state index is 12.7. The minimum Gasteiger partial charge on any atom is -0.452 e. The topological polar surface area (TPSA) is 26.3 Å². The van der Waals surface area contributed by atoms with Crippen molar-refractivity contribution < 1.29 is 13.9 Å². The standard InChI is InChI=1S/C8H6FO2/c9-8-4-2-1-3-7(8)5-11-6-10/h1-4H,5H2. The average molecular weight is 153 g/mol. The summed E-state index contributed by atoms with van der Waals surface area (Å²) in [4.78, 5) is 9.62. The van der Waals surface area contributed by atoms with Gasteiger partial charge in [0.2, 0.25) is 0 Å². The van der Waals surface area contributed by atoms with E-state index in [0.29, 0.717) is 5.56 Å². The van der Waals surface area contributed by atoms with Crippen LogP contribution in [0.2, 0.25) is 0 Å². The molecule has 0 saturated carbocycles. The Kier molecular flexibility index (Phi) is 2.60. The Hall–Kier alpha value is -1.38. The van der Waals surface area contributed by atoms with Crippen molar-refractivity contribution in [2.75, 3.05) is 0 Å². The minimum atomic E-state index is -0.372. The molecule has 0 unspecified atom stereocenters. The molecule has 0 aliphatic rings. The molecular weight excluding hydrogens is 147 g/mol. The summed E-state index contributed by atoms with van der Waals surface area (Å²) in [5.74, 6) is -0.372. The van der Waals surface area contributed by atoms with Crippen LogP contribution in [0.5, 0.6) is 0 Å². The average Bonchev–Trinajstić information content (AvgIpc) is 2.03. The fourth-order valence-electron chi connectivity index (χ4n) is 0.723. The molecule has 0 spiro atoms. The molecule has 3 heteroatoms. The Labute approximate surface area is 63.6 Å². The highest BCUT2D eigenvalue weighted by Gasteiger charge is 1.98. The lowest BCUT2D eigenvalue weighted by molar-refractivity contribution is 0.262. The zero-order valence-corrected chi connectivity index (χ0v) is 5.71. The van der Waals surface area contributed by atoms with Gasteiger partial charge in [-0.1, -0.05) is 18.2 Å². The van der Waals surface area contributed by atoms with Gasteiger partial charge in [0.05, 0.1) is 0 Å². The van der Waals surface area contributed by atoms with Gasteiger partial charge < -0.3 is 4.74 Å². The molecule has 57 valence electrons. The first-order chi connectivity index (χ1) is 5.34. The summed E-state index contributed by atoms with van der Waals surface area (Å²) in [5.41, 5.74) is 0.357. The number of hydrogen-bond donors (Lipinski definition) is 0. The molecule has 0 bridgehead atoms. The molecule has 0 amide bonds. The van der Waals surface area contributed by atoms with E-state index in [4.69, 9.17) is 0 Å². The van der Waals surface area contributed by atoms with Crippen molar-refractivity contribution in [1.82, 2.24) is 0 Å². The lowest BCUT2D eigenvalue weighted by atomic mass is 10.2. The van der Waals surface area contributed by atoms with E-state index in [2.05, 4.69) is 4.74 Å². The van der Waals surface area contributed by atoms with Crippen LogP contribution in [0.3, 0.4) is 0 Å². The molecule has 1 radical (unpaired) electrons. The smallest absolute Gasteiger partial charge is 0.417 e. The molecule has 1 rings (SSSR count). The Bertz CT molecular complexity index is 248. The van der Waals surface area contributed by atoms with E-state index < -0.39 is 0 Å². The molecule has 2 nitrogen and oxygen atoms in total. The predicted octanol–water partition coefficient (Wildman–Crippen LogP) is 1.41. The lowest BCUT2D eigenvalue weighted by Crippen LogP contribution is -1.92. The second-order valence-electron chi connectivity index (χ2n) is 1.96. The maximum absolute atomic E-state index is 12.7. The summed E-state index contributed by atoms with van der Waals surface area (Å²) in [6, 6.07) is 6.10. The normalized spacial score (nSPS) is 9.18. The van der Waals surface area contributed by atoms with Crippen molar-refractivity contribution in [2.24, 2.45) is 0 Å². The largest absolute Gasteiger partial charge is 0.452 e. The van der Waals surface area contributed by atoms with Gasteiger partial charge in [0.1, 0.15) is 12.4 Å². The molecule has 1 aromatic rings. The van der Waals surface area contributed by atoms with E-state index in [1.807, 2.05) is 0 Å². The van der Waals surface area contributed by atoms with Crippen molar-refractivity contribution in [3.8, 4) is 0 Å². The summed E-state index contributed by atoms with van der Waals surface area (Å²) in [6.07, 6.45) is 0. The highest BCUT2D eigenvalue weighted by molar-refractivity contribution is 5.38. The third-order valence-electron chi connectivity index (χ3n) is 1.24. The Balaban J connectivity index is 2.69. The summed E-state index contributed by atoms with van der Waals surface area (Å²) in [6.45, 7) is 1.17. The summed E-state index contributed by atoms with van der Waals surface area (Å²) in [5, 5.41) is 0. The summed E-state index contributed by atoms with van der Waals surface area (Å²) in [7, 11) is 0. The van der Waals surface area contributed by atoms with E-state index in [9.17, 15) is 9.18 Å². The SMILES string of the molecule is O=[C]OCc1ccccc1F. The van der Waals surface area contributed by atoms with E-state index in [1.165, 1.54) is 12.5 Å². The van der Waals surface area contributed by atoms with E-state index in [-0.39, 0.29) is 12.4 Å². The van der Waals surface area contributed by atoms with Gasteiger partial charge in [-0.2, -0.15) is 0 Å². The van der Waals surface area contributed by atoms with Gasteiger partial charge in [0.15, 0.2) is 0 Å². The number of benzene rings is 1. The Morgan fingerprint density at radius 1 is 1.45 bits per heavy atom. The van der Waals surface area contributed by atoms with E-state index in [1.54, 1.807) is 18.2 Å². The number of carbonyl (C=O) groups excluding carboxylic acids is 1. The summed E-state index contributed by atoms with van der Waals surface area (Å²) < 4.78 is 17.0. The van der Waals surface area contributed by atoms with Gasteiger partial charge in [0, 0.05) is 5.56 Å². The van der Waals surface area contributed by atoms with Crippen molar-refractivity contribution in [3.05, 3.63) is 35.6 Å². The van der Waals surface area contributed by atoms with Gasteiger partial charge in [-0.3, -0.25) is 0 Å². The van der Waals surface area contributed by atoms with Crippen LogP contribution in [0.1, 0.15) is 5.56 Å². The van der Waals surface area contributed by atoms with Crippen LogP contribution in [-0.4, -0.2) is 6.47 Å². The van der Waals surface area contributed by atoms with Crippen LogP contribution >= 0.6 is 0 Å². The molecule has 0 heterocycles. The number of ether oxygens (including phenoxy) is 1. The van der Waals surface area contributed by atoms with Gasteiger partial charge in [0.25, 0.3) is 0 Å². The predicted molar refractivity (Wildman–Crippen MR) is 36.9 cm³/mol. The minimum absolute atomic E-state index is 0.0594. The Morgan fingerprint density at radius 3 is 2.82 bits per heavy atom. The molecule has 11 heavy (non-hydrogen) atoms. The molecular formula is C8H6FO2. The van der Waals surface area contributed by atoms with Gasteiger partial charge in [-0.25, -0.2) is 9.18 Å². The first kappa shape index (κ1) is 7.72. The fraction of sp³-hybridized carbons (Fsp3) is 0.125.